The van der Waals surface area contributed by atoms with Crippen molar-refractivity contribution in [3.63, 3.8) is 0 Å². The SMILES string of the molecule is C#CN(C(=O)C(NC(=O)OC(C)(C)C)C(C)C)C(C(=O)Nc1ccc2ccccc2c1)c1cc(C)ccc1C. The summed E-state index contributed by atoms with van der Waals surface area (Å²) in [5.41, 5.74) is 2.14. The van der Waals surface area contributed by atoms with Crippen molar-refractivity contribution in [2.24, 2.45) is 5.92 Å². The molecule has 0 aliphatic carbocycles. The van der Waals surface area contributed by atoms with Gasteiger partial charge in [0.25, 0.3) is 11.8 Å². The monoisotopic (exact) mass is 527 g/mol. The van der Waals surface area contributed by atoms with Gasteiger partial charge in [-0.15, -0.1) is 0 Å². The molecule has 0 heterocycles. The van der Waals surface area contributed by atoms with Gasteiger partial charge < -0.3 is 15.4 Å². The van der Waals surface area contributed by atoms with Crippen molar-refractivity contribution in [2.75, 3.05) is 5.32 Å². The molecule has 0 aliphatic rings. The van der Waals surface area contributed by atoms with Crippen molar-refractivity contribution in [3.05, 3.63) is 77.4 Å². The Bertz CT molecular complexity index is 1410. The van der Waals surface area contributed by atoms with E-state index in [1.54, 1.807) is 34.6 Å². The number of alkyl carbamates (subject to hydrolysis) is 1. The number of terminal acetylenes is 1. The Balaban J connectivity index is 2.02. The van der Waals surface area contributed by atoms with Crippen LogP contribution in [-0.2, 0) is 14.3 Å². The van der Waals surface area contributed by atoms with Crippen LogP contribution in [0, 0.1) is 32.2 Å². The first-order chi connectivity index (χ1) is 18.3. The van der Waals surface area contributed by atoms with Crippen LogP contribution in [0.1, 0.15) is 57.4 Å². The molecular formula is C32H37N3O4. The van der Waals surface area contributed by atoms with E-state index in [1.165, 1.54) is 0 Å². The molecule has 0 fully saturated rings. The van der Waals surface area contributed by atoms with Gasteiger partial charge in [0.05, 0.1) is 0 Å². The van der Waals surface area contributed by atoms with Crippen LogP contribution in [0.4, 0.5) is 10.5 Å². The van der Waals surface area contributed by atoms with Crippen LogP contribution >= 0.6 is 0 Å². The number of fused-ring (bicyclic) bond motifs is 1. The van der Waals surface area contributed by atoms with Crippen molar-refractivity contribution >= 4 is 34.4 Å². The zero-order valence-corrected chi connectivity index (χ0v) is 23.7. The van der Waals surface area contributed by atoms with E-state index in [0.717, 1.165) is 26.8 Å². The van der Waals surface area contributed by atoms with Crippen LogP contribution in [0.25, 0.3) is 10.8 Å². The van der Waals surface area contributed by atoms with Crippen molar-refractivity contribution < 1.29 is 19.1 Å². The van der Waals surface area contributed by atoms with Gasteiger partial charge in [-0.1, -0.05) is 74.4 Å². The smallest absolute Gasteiger partial charge is 0.408 e. The average molecular weight is 528 g/mol. The number of hydrogen-bond acceptors (Lipinski definition) is 4. The Morgan fingerprint density at radius 2 is 1.62 bits per heavy atom. The van der Waals surface area contributed by atoms with Crippen molar-refractivity contribution in [2.45, 2.75) is 66.2 Å². The number of nitrogens with zero attached hydrogens (tertiary/aromatic N) is 1. The van der Waals surface area contributed by atoms with E-state index in [1.807, 2.05) is 74.5 Å². The second-order valence-electron chi connectivity index (χ2n) is 11.0. The van der Waals surface area contributed by atoms with E-state index in [-0.39, 0.29) is 5.92 Å². The highest BCUT2D eigenvalue weighted by atomic mass is 16.6. The molecule has 2 atom stereocenters. The minimum Gasteiger partial charge on any atom is -0.444 e. The van der Waals surface area contributed by atoms with Gasteiger partial charge in [0.15, 0.2) is 0 Å². The number of ether oxygens (including phenoxy) is 1. The van der Waals surface area contributed by atoms with E-state index < -0.39 is 35.6 Å². The van der Waals surface area contributed by atoms with Crippen LogP contribution in [0.2, 0.25) is 0 Å². The summed E-state index contributed by atoms with van der Waals surface area (Å²) in [6.07, 6.45) is 5.17. The lowest BCUT2D eigenvalue weighted by atomic mass is 9.95. The van der Waals surface area contributed by atoms with Crippen LogP contribution in [-0.4, -0.2) is 34.5 Å². The fourth-order valence-corrected chi connectivity index (χ4v) is 4.29. The maximum Gasteiger partial charge on any atom is 0.408 e. The number of carbonyl (C=O) groups excluding carboxylic acids is 3. The quantitative estimate of drug-likeness (QED) is 0.287. The Hall–Kier alpha value is -4.31. The summed E-state index contributed by atoms with van der Waals surface area (Å²) in [5, 5.41) is 7.60. The van der Waals surface area contributed by atoms with E-state index >= 15 is 0 Å². The van der Waals surface area contributed by atoms with Gasteiger partial charge in [-0.05, 0) is 74.6 Å². The molecule has 2 N–H and O–H groups in total. The minimum atomic E-state index is -1.14. The Labute approximate surface area is 230 Å². The number of nitrogens with one attached hydrogen (secondary N) is 2. The Morgan fingerprint density at radius 1 is 0.949 bits per heavy atom. The first-order valence-corrected chi connectivity index (χ1v) is 13.0. The third-order valence-electron chi connectivity index (χ3n) is 6.23. The largest absolute Gasteiger partial charge is 0.444 e. The lowest BCUT2D eigenvalue weighted by molar-refractivity contribution is -0.137. The summed E-state index contributed by atoms with van der Waals surface area (Å²) in [4.78, 5) is 41.4. The van der Waals surface area contributed by atoms with Gasteiger partial charge in [-0.2, -0.15) is 0 Å². The van der Waals surface area contributed by atoms with Gasteiger partial charge in [0.2, 0.25) is 0 Å². The summed E-state index contributed by atoms with van der Waals surface area (Å²) in [5.74, 6) is -1.38. The molecule has 204 valence electrons. The highest BCUT2D eigenvalue weighted by molar-refractivity contribution is 6.01. The maximum absolute atomic E-state index is 13.9. The fourth-order valence-electron chi connectivity index (χ4n) is 4.29. The fraction of sp³-hybridized carbons (Fsp3) is 0.344. The molecule has 0 bridgehead atoms. The lowest BCUT2D eigenvalue weighted by Crippen LogP contribution is -2.53. The van der Waals surface area contributed by atoms with E-state index in [4.69, 9.17) is 11.2 Å². The molecule has 3 rings (SSSR count). The summed E-state index contributed by atoms with van der Waals surface area (Å²) < 4.78 is 5.37. The highest BCUT2D eigenvalue weighted by Gasteiger charge is 2.38. The molecule has 7 heteroatoms. The van der Waals surface area contributed by atoms with Crippen LogP contribution < -0.4 is 10.6 Å². The molecular weight excluding hydrogens is 490 g/mol. The van der Waals surface area contributed by atoms with Crippen LogP contribution in [0.3, 0.4) is 0 Å². The predicted octanol–water partition coefficient (Wildman–Crippen LogP) is 6.11. The van der Waals surface area contributed by atoms with Crippen LogP contribution in [0.15, 0.2) is 60.7 Å². The van der Waals surface area contributed by atoms with E-state index in [9.17, 15) is 14.4 Å². The average Bonchev–Trinajstić information content (AvgIpc) is 2.85. The molecule has 39 heavy (non-hydrogen) atoms. The normalized spacial score (nSPS) is 12.8. The highest BCUT2D eigenvalue weighted by Crippen LogP contribution is 2.29. The molecule has 0 saturated carbocycles. The molecule has 2 unspecified atom stereocenters. The van der Waals surface area contributed by atoms with Gasteiger partial charge in [-0.25, -0.2) is 4.79 Å². The van der Waals surface area contributed by atoms with Crippen molar-refractivity contribution in [1.82, 2.24) is 10.2 Å². The first kappa shape index (κ1) is 29.2. The lowest BCUT2D eigenvalue weighted by Gasteiger charge is -2.32. The predicted molar refractivity (Wildman–Crippen MR) is 155 cm³/mol. The minimum absolute atomic E-state index is 0.330. The molecule has 0 spiro atoms. The zero-order valence-electron chi connectivity index (χ0n) is 23.7. The van der Waals surface area contributed by atoms with Crippen LogP contribution in [0.5, 0.6) is 0 Å². The van der Waals surface area contributed by atoms with Gasteiger partial charge in [0.1, 0.15) is 17.7 Å². The number of hydrogen-bond donors (Lipinski definition) is 2. The summed E-state index contributed by atoms with van der Waals surface area (Å²) in [7, 11) is 0. The van der Waals surface area contributed by atoms with Crippen molar-refractivity contribution in [1.29, 1.82) is 0 Å². The second-order valence-corrected chi connectivity index (χ2v) is 11.0. The molecule has 7 nitrogen and oxygen atoms in total. The molecule has 3 aromatic rings. The van der Waals surface area contributed by atoms with Gasteiger partial charge in [0, 0.05) is 11.7 Å². The summed E-state index contributed by atoms with van der Waals surface area (Å²) in [6, 6.07) is 19.4. The number of anilines is 1. The third kappa shape index (κ3) is 7.38. The molecule has 0 aromatic heterocycles. The number of aryl methyl sites for hydroxylation is 2. The third-order valence-corrected chi connectivity index (χ3v) is 6.23. The number of rotatable bonds is 7. The van der Waals surface area contributed by atoms with Gasteiger partial charge in [-0.3, -0.25) is 14.5 Å². The topological polar surface area (TPSA) is 87.7 Å². The van der Waals surface area contributed by atoms with E-state index in [2.05, 4.69) is 16.7 Å². The zero-order chi connectivity index (χ0) is 28.9. The summed E-state index contributed by atoms with van der Waals surface area (Å²) in [6.45, 7) is 12.6. The van der Waals surface area contributed by atoms with Gasteiger partial charge >= 0.3 is 6.09 Å². The molecule has 3 amide bonds. The second kappa shape index (κ2) is 12.0. The molecule has 0 saturated heterocycles. The Kier molecular flexibility index (Phi) is 9.03. The van der Waals surface area contributed by atoms with E-state index in [0.29, 0.717) is 11.3 Å². The number of carbonyl (C=O) groups is 3. The summed E-state index contributed by atoms with van der Waals surface area (Å²) >= 11 is 0. The molecule has 0 aliphatic heterocycles. The first-order valence-electron chi connectivity index (χ1n) is 13.0. The Morgan fingerprint density at radius 3 is 2.23 bits per heavy atom. The molecule has 3 aromatic carbocycles. The van der Waals surface area contributed by atoms with Crippen molar-refractivity contribution in [3.8, 4) is 12.5 Å². The maximum atomic E-state index is 13.9. The molecule has 0 radical (unpaired) electrons. The number of amides is 3. The standard InChI is InChI=1S/C32H37N3O4/c1-9-35(30(37)27(20(2)3)34-31(38)39-32(6,7)8)28(26-18-21(4)14-15-22(26)5)29(36)33-25-17-16-23-12-10-11-13-24(23)19-25/h1,10-20,27-28H,2-8H3,(H,33,36)(H,34,38). The number of benzene rings is 3.